The third kappa shape index (κ3) is 4.44. The van der Waals surface area contributed by atoms with Crippen molar-refractivity contribution in [1.82, 2.24) is 20.1 Å². The lowest BCUT2D eigenvalue weighted by molar-refractivity contribution is 0.0916. The Labute approximate surface area is 184 Å². The number of amides is 1. The lowest BCUT2D eigenvalue weighted by atomic mass is 10.1. The van der Waals surface area contributed by atoms with Gasteiger partial charge in [0.15, 0.2) is 9.84 Å². The highest BCUT2D eigenvalue weighted by molar-refractivity contribution is 7.93. The highest BCUT2D eigenvalue weighted by Gasteiger charge is 2.45. The third-order valence-electron chi connectivity index (χ3n) is 5.11. The molecule has 3 aromatic rings. The molecule has 170 valence electrons. The number of nitrogens with zero attached hydrogens (tertiary/aromatic N) is 3. The van der Waals surface area contributed by atoms with Gasteiger partial charge in [0.25, 0.3) is 5.91 Å². The summed E-state index contributed by atoms with van der Waals surface area (Å²) in [5.41, 5.74) is 1.59. The number of hydrogen-bond donors (Lipinski definition) is 2. The topological polar surface area (TPSA) is 123 Å². The summed E-state index contributed by atoms with van der Waals surface area (Å²) in [4.78, 5) is 17.2. The number of aromatic nitrogens is 3. The van der Waals surface area contributed by atoms with E-state index in [1.807, 2.05) is 0 Å². The summed E-state index contributed by atoms with van der Waals surface area (Å²) in [5.74, 6) is -0.324. The van der Waals surface area contributed by atoms with Gasteiger partial charge in [-0.1, -0.05) is 12.1 Å². The summed E-state index contributed by atoms with van der Waals surface area (Å²) in [6.07, 6.45) is 0.692. The number of nitrogens with one attached hydrogen (secondary N) is 1. The first-order chi connectivity index (χ1) is 15.1. The quantitative estimate of drug-likeness (QED) is 0.548. The molecule has 1 amide bonds. The van der Waals surface area contributed by atoms with Crippen molar-refractivity contribution in [2.24, 2.45) is 0 Å². The van der Waals surface area contributed by atoms with Crippen molar-refractivity contribution in [3.8, 4) is 17.0 Å². The van der Waals surface area contributed by atoms with Crippen molar-refractivity contribution in [3.05, 3.63) is 42.1 Å². The van der Waals surface area contributed by atoms with Crippen LogP contribution in [0.15, 0.2) is 36.5 Å². The van der Waals surface area contributed by atoms with Gasteiger partial charge < -0.3 is 15.2 Å². The minimum absolute atomic E-state index is 0.108. The van der Waals surface area contributed by atoms with Gasteiger partial charge in [0, 0.05) is 11.8 Å². The second-order valence-corrected chi connectivity index (χ2v) is 10.4. The fourth-order valence-electron chi connectivity index (χ4n) is 3.91. The van der Waals surface area contributed by atoms with Crippen molar-refractivity contribution in [3.63, 3.8) is 0 Å². The smallest absolute Gasteiger partial charge is 0.253 e. The van der Waals surface area contributed by atoms with Crippen molar-refractivity contribution in [2.75, 3.05) is 18.4 Å². The molecule has 0 spiro atoms. The van der Waals surface area contributed by atoms with Crippen LogP contribution in [0.1, 0.15) is 24.2 Å². The first-order valence-electron chi connectivity index (χ1n) is 9.96. The minimum Gasteiger partial charge on any atom is -0.463 e. The molecule has 3 heterocycles. The number of rotatable bonds is 7. The molecule has 0 bridgehead atoms. The van der Waals surface area contributed by atoms with Gasteiger partial charge in [-0.15, -0.1) is 0 Å². The number of pyridine rings is 1. The number of halogens is 1. The van der Waals surface area contributed by atoms with Crippen LogP contribution in [0.3, 0.4) is 0 Å². The van der Waals surface area contributed by atoms with Crippen molar-refractivity contribution in [1.29, 1.82) is 0 Å². The normalized spacial score (nSPS) is 17.5. The molecule has 0 radical (unpaired) electrons. The number of alkyl halides is 1. The van der Waals surface area contributed by atoms with Crippen LogP contribution in [0.4, 0.5) is 4.39 Å². The molecule has 0 unspecified atom stereocenters. The number of carbonyl (C=O) groups is 1. The molecule has 2 aromatic heterocycles. The first kappa shape index (κ1) is 22.2. The molecular weight excluding hydrogens is 439 g/mol. The maximum absolute atomic E-state index is 12.8. The Morgan fingerprint density at radius 2 is 2.12 bits per heavy atom. The van der Waals surface area contributed by atoms with Crippen LogP contribution in [-0.4, -0.2) is 64.2 Å². The molecule has 0 aliphatic carbocycles. The monoisotopic (exact) mass is 462 g/mol. The Hall–Kier alpha value is -3.05. The largest absolute Gasteiger partial charge is 0.463 e. The van der Waals surface area contributed by atoms with Gasteiger partial charge in [0.2, 0.25) is 6.86 Å². The second-order valence-electron chi connectivity index (χ2n) is 8.30. The molecule has 0 saturated carbocycles. The van der Waals surface area contributed by atoms with E-state index in [2.05, 4.69) is 15.4 Å². The highest BCUT2D eigenvalue weighted by Crippen LogP contribution is 2.30. The fraction of sp³-hybridized carbons (Fsp3) is 0.381. The summed E-state index contributed by atoms with van der Waals surface area (Å²) in [5, 5.41) is 17.2. The molecule has 1 aliphatic heterocycles. The average molecular weight is 463 g/mol. The summed E-state index contributed by atoms with van der Waals surface area (Å²) in [6.45, 7) is 2.50. The number of hydrogen-bond acceptors (Lipinski definition) is 7. The van der Waals surface area contributed by atoms with Crippen LogP contribution in [0, 0.1) is 0 Å². The van der Waals surface area contributed by atoms with E-state index in [4.69, 9.17) is 4.74 Å². The van der Waals surface area contributed by atoms with Gasteiger partial charge in [-0.3, -0.25) is 14.5 Å². The zero-order chi connectivity index (χ0) is 23.1. The van der Waals surface area contributed by atoms with Gasteiger partial charge in [-0.05, 0) is 32.0 Å². The van der Waals surface area contributed by atoms with E-state index >= 15 is 0 Å². The average Bonchev–Trinajstić information content (AvgIpc) is 3.04. The Morgan fingerprint density at radius 1 is 1.38 bits per heavy atom. The summed E-state index contributed by atoms with van der Waals surface area (Å²) >= 11 is 0. The van der Waals surface area contributed by atoms with Crippen molar-refractivity contribution >= 4 is 26.8 Å². The second kappa shape index (κ2) is 8.14. The van der Waals surface area contributed by atoms with E-state index in [1.54, 1.807) is 48.9 Å². The van der Waals surface area contributed by atoms with Gasteiger partial charge in [-0.2, -0.15) is 5.10 Å². The Bertz CT molecular complexity index is 1280. The molecule has 4 rings (SSSR count). The first-order valence-corrected chi connectivity index (χ1v) is 11.8. The standard InChI is InChI=1S/C21H23FN4O5S/c1-13(27)9-26-17-7-15(20(28)24-21(2)10-32(29,30)11-21)8-23-19(17)18(25-26)14-4-3-5-16(6-14)31-12-22/h3-8,13,27H,9-12H2,1-2H3,(H,24,28)/t13-/m1/s1. The Morgan fingerprint density at radius 3 is 2.78 bits per heavy atom. The summed E-state index contributed by atoms with van der Waals surface area (Å²) in [7, 11) is -3.11. The van der Waals surface area contributed by atoms with Gasteiger partial charge in [0.05, 0.1) is 40.8 Å². The summed E-state index contributed by atoms with van der Waals surface area (Å²) < 4.78 is 42.1. The fourth-order valence-corrected chi connectivity index (χ4v) is 5.91. The molecule has 32 heavy (non-hydrogen) atoms. The van der Waals surface area contributed by atoms with Crippen molar-refractivity contribution in [2.45, 2.75) is 32.0 Å². The van der Waals surface area contributed by atoms with Crippen LogP contribution in [0.5, 0.6) is 5.75 Å². The number of benzene rings is 1. The predicted octanol–water partition coefficient (Wildman–Crippen LogP) is 1.70. The predicted molar refractivity (Wildman–Crippen MR) is 116 cm³/mol. The molecule has 1 aromatic carbocycles. The van der Waals surface area contributed by atoms with E-state index in [9.17, 15) is 22.7 Å². The molecule has 2 N–H and O–H groups in total. The lowest BCUT2D eigenvalue weighted by Gasteiger charge is -2.38. The maximum Gasteiger partial charge on any atom is 0.253 e. The van der Waals surface area contributed by atoms with Crippen LogP contribution in [0.2, 0.25) is 0 Å². The SMILES string of the molecule is C[C@@H](O)Cn1nc(-c2cccc(OCF)c2)c2ncc(C(=O)NC3(C)CS(=O)(=O)C3)cc21. The molecule has 1 saturated heterocycles. The summed E-state index contributed by atoms with van der Waals surface area (Å²) in [6, 6.07) is 8.34. The molecule has 9 nitrogen and oxygen atoms in total. The zero-order valence-electron chi connectivity index (χ0n) is 17.6. The van der Waals surface area contributed by atoms with E-state index in [0.717, 1.165) is 0 Å². The minimum atomic E-state index is -3.11. The molecule has 1 fully saturated rings. The zero-order valence-corrected chi connectivity index (χ0v) is 18.4. The van der Waals surface area contributed by atoms with E-state index < -0.39 is 34.2 Å². The van der Waals surface area contributed by atoms with Gasteiger partial charge >= 0.3 is 0 Å². The number of sulfone groups is 1. The number of carbonyl (C=O) groups excluding carboxylic acids is 1. The number of fused-ring (bicyclic) bond motifs is 1. The highest BCUT2D eigenvalue weighted by atomic mass is 32.2. The number of aliphatic hydroxyl groups excluding tert-OH is 1. The van der Waals surface area contributed by atoms with Gasteiger partial charge in [-0.25, -0.2) is 12.8 Å². The van der Waals surface area contributed by atoms with Crippen molar-refractivity contribution < 1.29 is 27.4 Å². The third-order valence-corrected chi connectivity index (χ3v) is 7.26. The number of aliphatic hydroxyl groups is 1. The van der Waals surface area contributed by atoms with Gasteiger partial charge in [0.1, 0.15) is 17.0 Å². The number of ether oxygens (including phenoxy) is 1. The molecule has 11 heteroatoms. The van der Waals surface area contributed by atoms with E-state index in [0.29, 0.717) is 28.0 Å². The van der Waals surface area contributed by atoms with E-state index in [-0.39, 0.29) is 23.6 Å². The maximum atomic E-state index is 12.8. The lowest BCUT2D eigenvalue weighted by Crippen LogP contribution is -2.63. The Kier molecular flexibility index (Phi) is 5.63. The van der Waals surface area contributed by atoms with Crippen LogP contribution in [-0.2, 0) is 16.4 Å². The Balaban J connectivity index is 1.72. The molecule has 1 atom stereocenters. The van der Waals surface area contributed by atoms with Crippen LogP contribution < -0.4 is 10.1 Å². The van der Waals surface area contributed by atoms with Crippen LogP contribution >= 0.6 is 0 Å². The molecular formula is C21H23FN4O5S. The molecule has 1 aliphatic rings. The van der Waals surface area contributed by atoms with Crippen LogP contribution in [0.25, 0.3) is 22.3 Å². The van der Waals surface area contributed by atoms with E-state index in [1.165, 1.54) is 6.20 Å².